The molecule has 3 heterocycles. The second-order valence-electron chi connectivity index (χ2n) is 6.22. The lowest BCUT2D eigenvalue weighted by molar-refractivity contribution is -0.0626. The van der Waals surface area contributed by atoms with Gasteiger partial charge in [-0.15, -0.1) is 0 Å². The first-order chi connectivity index (χ1) is 11.1. The van der Waals surface area contributed by atoms with Crippen molar-refractivity contribution in [2.45, 2.75) is 38.3 Å². The van der Waals surface area contributed by atoms with Crippen molar-refractivity contribution in [2.24, 2.45) is 0 Å². The minimum absolute atomic E-state index is 0.110. The molecular weight excluding hydrogens is 292 g/mol. The van der Waals surface area contributed by atoms with Crippen LogP contribution in [0.15, 0.2) is 30.6 Å². The van der Waals surface area contributed by atoms with E-state index in [4.69, 9.17) is 4.74 Å². The van der Waals surface area contributed by atoms with E-state index in [1.165, 1.54) is 0 Å². The molecule has 0 aliphatic carbocycles. The standard InChI is InChI=1S/C17H24N4O2/c1-13(19-12-17(22)6-9-23-10-7-17)15-11-20-21(14(15)2)16-5-3-4-8-18-16/h3-5,8,11,13,19,22H,6-7,9-10,12H2,1-2H3. The zero-order valence-electron chi connectivity index (χ0n) is 13.7. The molecule has 0 saturated carbocycles. The molecule has 1 atom stereocenters. The van der Waals surface area contributed by atoms with Gasteiger partial charge < -0.3 is 15.2 Å². The zero-order valence-corrected chi connectivity index (χ0v) is 13.7. The summed E-state index contributed by atoms with van der Waals surface area (Å²) in [5.41, 5.74) is 1.51. The summed E-state index contributed by atoms with van der Waals surface area (Å²) in [6.45, 7) is 5.95. The van der Waals surface area contributed by atoms with E-state index in [2.05, 4.69) is 22.3 Å². The molecule has 2 N–H and O–H groups in total. The molecule has 2 aromatic rings. The second-order valence-corrected chi connectivity index (χ2v) is 6.22. The fraction of sp³-hybridized carbons (Fsp3) is 0.529. The van der Waals surface area contributed by atoms with Gasteiger partial charge in [0.2, 0.25) is 0 Å². The predicted molar refractivity (Wildman–Crippen MR) is 87.5 cm³/mol. The van der Waals surface area contributed by atoms with Crippen molar-refractivity contribution in [1.29, 1.82) is 0 Å². The minimum Gasteiger partial charge on any atom is -0.388 e. The zero-order chi connectivity index (χ0) is 16.3. The van der Waals surface area contributed by atoms with Crippen molar-refractivity contribution >= 4 is 0 Å². The lowest BCUT2D eigenvalue weighted by Crippen LogP contribution is -2.45. The summed E-state index contributed by atoms with van der Waals surface area (Å²) in [5.74, 6) is 0.812. The largest absolute Gasteiger partial charge is 0.388 e. The van der Waals surface area contributed by atoms with Gasteiger partial charge in [-0.3, -0.25) is 0 Å². The fourth-order valence-electron chi connectivity index (χ4n) is 2.94. The number of pyridine rings is 1. The molecule has 3 rings (SSSR count). The molecule has 6 nitrogen and oxygen atoms in total. The lowest BCUT2D eigenvalue weighted by atomic mass is 9.94. The number of rotatable bonds is 5. The SMILES string of the molecule is Cc1c(C(C)NCC2(O)CCOCC2)cnn1-c1ccccn1. The second kappa shape index (κ2) is 6.78. The number of nitrogens with one attached hydrogen (secondary N) is 1. The van der Waals surface area contributed by atoms with Crippen LogP contribution in [0.3, 0.4) is 0 Å². The Labute approximate surface area is 136 Å². The van der Waals surface area contributed by atoms with E-state index < -0.39 is 5.60 Å². The Balaban J connectivity index is 1.68. The van der Waals surface area contributed by atoms with Gasteiger partial charge in [0.25, 0.3) is 0 Å². The van der Waals surface area contributed by atoms with Gasteiger partial charge in [-0.2, -0.15) is 5.10 Å². The van der Waals surface area contributed by atoms with E-state index in [-0.39, 0.29) is 6.04 Å². The molecule has 6 heteroatoms. The smallest absolute Gasteiger partial charge is 0.153 e. The molecule has 0 amide bonds. The highest BCUT2D eigenvalue weighted by Gasteiger charge is 2.30. The number of hydrogen-bond acceptors (Lipinski definition) is 5. The quantitative estimate of drug-likeness (QED) is 0.879. The summed E-state index contributed by atoms with van der Waals surface area (Å²) in [5, 5.41) is 18.4. The van der Waals surface area contributed by atoms with Crippen molar-refractivity contribution in [3.05, 3.63) is 41.9 Å². The van der Waals surface area contributed by atoms with Crippen molar-refractivity contribution < 1.29 is 9.84 Å². The molecular formula is C17H24N4O2. The van der Waals surface area contributed by atoms with Crippen LogP contribution in [0, 0.1) is 6.92 Å². The highest BCUT2D eigenvalue weighted by atomic mass is 16.5. The molecule has 23 heavy (non-hydrogen) atoms. The van der Waals surface area contributed by atoms with E-state index in [1.54, 1.807) is 6.20 Å². The third-order valence-corrected chi connectivity index (χ3v) is 4.54. The van der Waals surface area contributed by atoms with E-state index in [0.29, 0.717) is 32.6 Å². The maximum atomic E-state index is 10.5. The van der Waals surface area contributed by atoms with Crippen LogP contribution < -0.4 is 5.32 Å². The summed E-state index contributed by atoms with van der Waals surface area (Å²) in [4.78, 5) is 4.34. The third-order valence-electron chi connectivity index (χ3n) is 4.54. The summed E-state index contributed by atoms with van der Waals surface area (Å²) in [6, 6.07) is 5.89. The van der Waals surface area contributed by atoms with Gasteiger partial charge in [0.15, 0.2) is 5.82 Å². The van der Waals surface area contributed by atoms with Crippen LogP contribution in [0.2, 0.25) is 0 Å². The number of ether oxygens (including phenoxy) is 1. The van der Waals surface area contributed by atoms with Crippen molar-refractivity contribution in [3.63, 3.8) is 0 Å². The van der Waals surface area contributed by atoms with Gasteiger partial charge in [0.05, 0.1) is 11.8 Å². The molecule has 0 spiro atoms. The van der Waals surface area contributed by atoms with Gasteiger partial charge in [0.1, 0.15) is 0 Å². The first-order valence-electron chi connectivity index (χ1n) is 8.08. The summed E-state index contributed by atoms with van der Waals surface area (Å²) < 4.78 is 7.16. The lowest BCUT2D eigenvalue weighted by Gasteiger charge is -2.33. The Bertz CT molecular complexity index is 635. The number of aromatic nitrogens is 3. The topological polar surface area (TPSA) is 72.2 Å². The normalized spacial score (nSPS) is 18.7. The molecule has 1 fully saturated rings. The van der Waals surface area contributed by atoms with Crippen LogP contribution in [0.4, 0.5) is 0 Å². The summed E-state index contributed by atoms with van der Waals surface area (Å²) >= 11 is 0. The molecule has 1 aliphatic rings. The van der Waals surface area contributed by atoms with E-state index in [9.17, 15) is 5.11 Å². The van der Waals surface area contributed by atoms with E-state index in [1.807, 2.05) is 36.0 Å². The van der Waals surface area contributed by atoms with Gasteiger partial charge >= 0.3 is 0 Å². The van der Waals surface area contributed by atoms with E-state index >= 15 is 0 Å². The molecule has 1 unspecified atom stereocenters. The Kier molecular flexibility index (Phi) is 4.75. The highest BCUT2D eigenvalue weighted by Crippen LogP contribution is 2.23. The molecule has 0 radical (unpaired) electrons. The monoisotopic (exact) mass is 316 g/mol. The van der Waals surface area contributed by atoms with E-state index in [0.717, 1.165) is 17.1 Å². The Hall–Kier alpha value is -1.76. The average molecular weight is 316 g/mol. The van der Waals surface area contributed by atoms with Crippen molar-refractivity contribution in [3.8, 4) is 5.82 Å². The van der Waals surface area contributed by atoms with Crippen LogP contribution in [0.25, 0.3) is 5.82 Å². The van der Waals surface area contributed by atoms with Crippen LogP contribution in [-0.4, -0.2) is 45.2 Å². The fourth-order valence-corrected chi connectivity index (χ4v) is 2.94. The number of nitrogens with zero attached hydrogens (tertiary/aromatic N) is 3. The summed E-state index contributed by atoms with van der Waals surface area (Å²) in [6.07, 6.45) is 4.99. The first-order valence-corrected chi connectivity index (χ1v) is 8.08. The maximum Gasteiger partial charge on any atom is 0.153 e. The summed E-state index contributed by atoms with van der Waals surface area (Å²) in [7, 11) is 0. The molecule has 0 bridgehead atoms. The van der Waals surface area contributed by atoms with Crippen LogP contribution in [0.5, 0.6) is 0 Å². The van der Waals surface area contributed by atoms with Crippen molar-refractivity contribution in [1.82, 2.24) is 20.1 Å². The molecule has 0 aromatic carbocycles. The third kappa shape index (κ3) is 3.60. The Morgan fingerprint density at radius 2 is 2.17 bits per heavy atom. The molecule has 124 valence electrons. The maximum absolute atomic E-state index is 10.5. The van der Waals surface area contributed by atoms with Gasteiger partial charge in [-0.05, 0) is 26.0 Å². The predicted octanol–water partition coefficient (Wildman–Crippen LogP) is 1.77. The van der Waals surface area contributed by atoms with Gasteiger partial charge in [0, 0.05) is 56.1 Å². The highest BCUT2D eigenvalue weighted by molar-refractivity contribution is 5.29. The van der Waals surface area contributed by atoms with Crippen LogP contribution >= 0.6 is 0 Å². The number of aliphatic hydroxyl groups is 1. The average Bonchev–Trinajstić information content (AvgIpc) is 2.96. The molecule has 2 aromatic heterocycles. The molecule has 1 saturated heterocycles. The number of hydrogen-bond donors (Lipinski definition) is 2. The Morgan fingerprint density at radius 1 is 1.39 bits per heavy atom. The Morgan fingerprint density at radius 3 is 2.87 bits per heavy atom. The minimum atomic E-state index is -0.669. The molecule has 1 aliphatic heterocycles. The van der Waals surface area contributed by atoms with Gasteiger partial charge in [-0.1, -0.05) is 6.07 Å². The van der Waals surface area contributed by atoms with Crippen LogP contribution in [-0.2, 0) is 4.74 Å². The van der Waals surface area contributed by atoms with Crippen LogP contribution in [0.1, 0.15) is 37.1 Å². The van der Waals surface area contributed by atoms with Gasteiger partial charge in [-0.25, -0.2) is 9.67 Å². The first kappa shape index (κ1) is 16.1. The van der Waals surface area contributed by atoms with Crippen molar-refractivity contribution in [2.75, 3.05) is 19.8 Å².